The number of pyridine rings is 1. The molecular weight excluding hydrogens is 536 g/mol. The molecule has 0 bridgehead atoms. The van der Waals surface area contributed by atoms with Crippen LogP contribution in [-0.4, -0.2) is 42.6 Å². The van der Waals surface area contributed by atoms with E-state index in [1.54, 1.807) is 24.3 Å². The van der Waals surface area contributed by atoms with Crippen LogP contribution >= 0.6 is 11.6 Å². The number of nitrogens with two attached hydrogens (primary N) is 1. The van der Waals surface area contributed by atoms with Gasteiger partial charge in [0.2, 0.25) is 11.8 Å². The van der Waals surface area contributed by atoms with E-state index >= 15 is 0 Å². The molecule has 0 spiro atoms. The second kappa shape index (κ2) is 11.3. The molecule has 0 atom stereocenters. The second-order valence-electron chi connectivity index (χ2n) is 9.66. The van der Waals surface area contributed by atoms with Crippen LogP contribution < -0.4 is 20.5 Å². The van der Waals surface area contributed by atoms with Gasteiger partial charge in [0.25, 0.3) is 10.0 Å². The number of methoxy groups -OCH3 is 1. The lowest BCUT2D eigenvalue weighted by Crippen LogP contribution is -2.33. The van der Waals surface area contributed by atoms with Gasteiger partial charge in [0.15, 0.2) is 0 Å². The first-order valence-electron chi connectivity index (χ1n) is 12.9. The number of benzene rings is 2. The Hall–Kier alpha value is -3.47. The van der Waals surface area contributed by atoms with Gasteiger partial charge in [-0.25, -0.2) is 18.4 Å². The third-order valence-corrected chi connectivity index (χ3v) is 8.85. The van der Waals surface area contributed by atoms with Gasteiger partial charge in [-0.3, -0.25) is 4.72 Å². The molecule has 4 aromatic rings. The van der Waals surface area contributed by atoms with Crippen LogP contribution in [0.15, 0.2) is 59.6 Å². The van der Waals surface area contributed by atoms with E-state index in [-0.39, 0.29) is 27.7 Å². The maximum Gasteiger partial charge on any atom is 0.264 e. The van der Waals surface area contributed by atoms with Gasteiger partial charge in [-0.05, 0) is 79.6 Å². The summed E-state index contributed by atoms with van der Waals surface area (Å²) in [7, 11) is -2.43. The highest BCUT2D eigenvalue weighted by Crippen LogP contribution is 2.35. The molecule has 2 aromatic heterocycles. The summed E-state index contributed by atoms with van der Waals surface area (Å²) in [6.45, 7) is 2.07. The monoisotopic (exact) mass is 566 g/mol. The van der Waals surface area contributed by atoms with Gasteiger partial charge in [0, 0.05) is 29.2 Å². The van der Waals surface area contributed by atoms with Gasteiger partial charge in [-0.1, -0.05) is 30.7 Å². The number of ether oxygens (including phenoxy) is 1. The van der Waals surface area contributed by atoms with Gasteiger partial charge in [0.05, 0.1) is 17.6 Å². The van der Waals surface area contributed by atoms with E-state index in [4.69, 9.17) is 27.1 Å². The lowest BCUT2D eigenvalue weighted by atomic mass is 9.92. The molecule has 4 N–H and O–H groups in total. The van der Waals surface area contributed by atoms with Crippen molar-refractivity contribution >= 4 is 44.3 Å². The first-order valence-corrected chi connectivity index (χ1v) is 14.8. The number of halogens is 1. The lowest BCUT2D eigenvalue weighted by molar-refractivity contribution is 0.400. The summed E-state index contributed by atoms with van der Waals surface area (Å²) in [5.41, 5.74) is 9.59. The average molecular weight is 567 g/mol. The van der Waals surface area contributed by atoms with Crippen LogP contribution in [0, 0.1) is 0 Å². The summed E-state index contributed by atoms with van der Waals surface area (Å²) in [6, 6.07) is 14.3. The predicted molar refractivity (Wildman–Crippen MR) is 155 cm³/mol. The van der Waals surface area contributed by atoms with Crippen LogP contribution in [0.5, 0.6) is 5.88 Å². The number of hydrogen-bond acceptors (Lipinski definition) is 8. The molecule has 2 heterocycles. The van der Waals surface area contributed by atoms with Crippen molar-refractivity contribution < 1.29 is 13.2 Å². The Balaban J connectivity index is 1.44. The van der Waals surface area contributed by atoms with E-state index < -0.39 is 10.0 Å². The maximum absolute atomic E-state index is 12.9. The van der Waals surface area contributed by atoms with E-state index in [2.05, 4.69) is 33.0 Å². The summed E-state index contributed by atoms with van der Waals surface area (Å²) in [5, 5.41) is 4.47. The van der Waals surface area contributed by atoms with Gasteiger partial charge in [-0.15, -0.1) is 0 Å². The van der Waals surface area contributed by atoms with E-state index in [1.165, 1.54) is 19.2 Å². The number of sulfonamides is 1. The highest BCUT2D eigenvalue weighted by atomic mass is 35.5. The summed E-state index contributed by atoms with van der Waals surface area (Å²) in [5.74, 6) is 1.03. The van der Waals surface area contributed by atoms with E-state index in [0.29, 0.717) is 12.0 Å². The molecule has 1 saturated carbocycles. The standard InChI is InChI=1S/C28H31ClN6O3S/c1-3-17-15-24-18(16-31-28(33-24)32-20-10-8-19(30)9-11-20)14-22(17)21-12-13-26(34-27(21)38-2)35-39(36,37)25-7-5-4-6-23(25)29/h4-7,12-16,19-20H,3,8-11,30H2,1-2H3,(H,34,35)(H,31,32,33)/t19-,20-. The Morgan fingerprint density at radius 2 is 1.82 bits per heavy atom. The number of rotatable bonds is 8. The third kappa shape index (κ3) is 5.93. The predicted octanol–water partition coefficient (Wildman–Crippen LogP) is 5.40. The molecular formula is C28H31ClN6O3S. The molecule has 1 aliphatic carbocycles. The Kier molecular flexibility index (Phi) is 7.88. The Labute approximate surface area is 233 Å². The summed E-state index contributed by atoms with van der Waals surface area (Å²) in [6.07, 6.45) is 6.60. The molecule has 0 amide bonds. The highest BCUT2D eigenvalue weighted by Gasteiger charge is 2.21. The van der Waals surface area contributed by atoms with Crippen molar-refractivity contribution in [2.45, 2.75) is 56.0 Å². The number of anilines is 2. The fourth-order valence-corrected chi connectivity index (χ4v) is 6.42. The molecule has 5 rings (SSSR count). The molecule has 0 saturated heterocycles. The number of fused-ring (bicyclic) bond motifs is 1. The zero-order valence-electron chi connectivity index (χ0n) is 21.8. The van der Waals surface area contributed by atoms with Crippen LogP contribution in [0.1, 0.15) is 38.2 Å². The Morgan fingerprint density at radius 3 is 2.54 bits per heavy atom. The van der Waals surface area contributed by atoms with Crippen molar-refractivity contribution in [3.05, 3.63) is 65.3 Å². The molecule has 39 heavy (non-hydrogen) atoms. The molecule has 1 fully saturated rings. The van der Waals surface area contributed by atoms with Crippen molar-refractivity contribution in [1.82, 2.24) is 15.0 Å². The highest BCUT2D eigenvalue weighted by molar-refractivity contribution is 7.92. The molecule has 204 valence electrons. The zero-order valence-corrected chi connectivity index (χ0v) is 23.4. The lowest BCUT2D eigenvalue weighted by Gasteiger charge is -2.26. The average Bonchev–Trinajstić information content (AvgIpc) is 2.93. The number of aryl methyl sites for hydroxylation is 1. The van der Waals surface area contributed by atoms with Crippen molar-refractivity contribution in [1.29, 1.82) is 0 Å². The normalized spacial score (nSPS) is 17.6. The van der Waals surface area contributed by atoms with Crippen molar-refractivity contribution in [2.24, 2.45) is 5.73 Å². The maximum atomic E-state index is 12.9. The van der Waals surface area contributed by atoms with E-state index in [0.717, 1.165) is 59.7 Å². The minimum atomic E-state index is -3.93. The summed E-state index contributed by atoms with van der Waals surface area (Å²) in [4.78, 5) is 13.7. The first-order chi connectivity index (χ1) is 18.8. The molecule has 0 radical (unpaired) electrons. The molecule has 0 aliphatic heterocycles. The molecule has 0 unspecified atom stereocenters. The number of nitrogens with one attached hydrogen (secondary N) is 2. The Bertz CT molecular complexity index is 1610. The van der Waals surface area contributed by atoms with Gasteiger partial charge in [0.1, 0.15) is 10.7 Å². The third-order valence-electron chi connectivity index (χ3n) is 7.00. The molecule has 11 heteroatoms. The fraction of sp³-hybridized carbons (Fsp3) is 0.321. The van der Waals surface area contributed by atoms with Crippen molar-refractivity contribution in [3.8, 4) is 17.0 Å². The SMILES string of the molecule is CCc1cc2nc(N[C@H]3CC[C@H](N)CC3)ncc2cc1-c1ccc(NS(=O)(=O)c2ccccc2Cl)nc1OC. The topological polar surface area (TPSA) is 132 Å². The van der Waals surface area contributed by atoms with E-state index in [9.17, 15) is 8.42 Å². The second-order valence-corrected chi connectivity index (χ2v) is 11.7. The van der Waals surface area contributed by atoms with Crippen molar-refractivity contribution in [3.63, 3.8) is 0 Å². The summed E-state index contributed by atoms with van der Waals surface area (Å²) >= 11 is 6.10. The van der Waals surface area contributed by atoms with Crippen LogP contribution in [0.3, 0.4) is 0 Å². The number of aromatic nitrogens is 3. The van der Waals surface area contributed by atoms with Gasteiger partial charge < -0.3 is 15.8 Å². The van der Waals surface area contributed by atoms with Gasteiger partial charge >= 0.3 is 0 Å². The van der Waals surface area contributed by atoms with Crippen LogP contribution in [-0.2, 0) is 16.4 Å². The minimum absolute atomic E-state index is 0.0276. The number of nitrogens with zero attached hydrogens (tertiary/aromatic N) is 3. The quantitative estimate of drug-likeness (QED) is 0.258. The largest absolute Gasteiger partial charge is 0.480 e. The minimum Gasteiger partial charge on any atom is -0.480 e. The van der Waals surface area contributed by atoms with Crippen molar-refractivity contribution in [2.75, 3.05) is 17.1 Å². The zero-order chi connectivity index (χ0) is 27.6. The summed E-state index contributed by atoms with van der Waals surface area (Å²) < 4.78 is 33.9. The van der Waals surface area contributed by atoms with Crippen LogP contribution in [0.2, 0.25) is 5.02 Å². The number of hydrogen-bond donors (Lipinski definition) is 3. The molecule has 9 nitrogen and oxygen atoms in total. The van der Waals surface area contributed by atoms with Crippen LogP contribution in [0.25, 0.3) is 22.0 Å². The van der Waals surface area contributed by atoms with E-state index in [1.807, 2.05) is 12.3 Å². The van der Waals surface area contributed by atoms with Gasteiger partial charge in [-0.2, -0.15) is 4.98 Å². The fourth-order valence-electron chi connectivity index (χ4n) is 4.89. The smallest absolute Gasteiger partial charge is 0.264 e. The molecule has 2 aromatic carbocycles. The molecule has 1 aliphatic rings. The van der Waals surface area contributed by atoms with Crippen LogP contribution in [0.4, 0.5) is 11.8 Å². The first kappa shape index (κ1) is 27.1. The Morgan fingerprint density at radius 1 is 1.05 bits per heavy atom.